The van der Waals surface area contributed by atoms with E-state index in [0.717, 1.165) is 24.4 Å². The van der Waals surface area contributed by atoms with Crippen LogP contribution in [0.1, 0.15) is 42.1 Å². The fourth-order valence-corrected chi connectivity index (χ4v) is 6.28. The van der Waals surface area contributed by atoms with Crippen molar-refractivity contribution in [2.24, 2.45) is 0 Å². The Kier molecular flexibility index (Phi) is 8.24. The Balaban J connectivity index is 1.52. The molecule has 1 aliphatic carbocycles. The lowest BCUT2D eigenvalue weighted by atomic mass is 9.79. The van der Waals surface area contributed by atoms with E-state index >= 15 is 0 Å². The topological polar surface area (TPSA) is 85.3 Å². The number of halogens is 5. The first-order chi connectivity index (χ1) is 17.8. The van der Waals surface area contributed by atoms with Gasteiger partial charge >= 0.3 is 6.18 Å². The third kappa shape index (κ3) is 6.41. The minimum Gasteiger partial charge on any atom is -0.487 e. The van der Waals surface area contributed by atoms with Gasteiger partial charge in [-0.3, -0.25) is 4.98 Å². The largest absolute Gasteiger partial charge is 0.487 e. The SMILES string of the molecule is CN(C)[C@H]1C[C@@H](c2ccnc(C(F)(F)F)c2)CC[C@@H]1Oc1cc(F)c(S(=O)(=O)Cc2ccncn2)cc1Cl. The number of ether oxygens (including phenoxy) is 1. The summed E-state index contributed by atoms with van der Waals surface area (Å²) in [4.78, 5) is 12.4. The molecule has 0 saturated heterocycles. The summed E-state index contributed by atoms with van der Waals surface area (Å²) < 4.78 is 86.1. The van der Waals surface area contributed by atoms with Gasteiger partial charge in [-0.25, -0.2) is 22.8 Å². The summed E-state index contributed by atoms with van der Waals surface area (Å²) in [5.41, 5.74) is -0.190. The van der Waals surface area contributed by atoms with E-state index in [0.29, 0.717) is 24.8 Å². The molecule has 1 fully saturated rings. The van der Waals surface area contributed by atoms with Gasteiger partial charge in [-0.1, -0.05) is 11.6 Å². The summed E-state index contributed by atoms with van der Waals surface area (Å²) in [6.07, 6.45) is 0.240. The standard InChI is InChI=1S/C25H25ClF4N4O3S/c1-34(2)20-9-15(16-5-8-32-24(10-16)25(28,29)30)3-4-21(20)37-22-12-19(27)23(11-18(22)26)38(35,36)13-17-6-7-31-14-33-17/h5-8,10-12,14-15,20-21H,3-4,9,13H2,1-2H3/t15-,20-,21-/m0/s1. The van der Waals surface area contributed by atoms with Gasteiger partial charge in [0.25, 0.3) is 0 Å². The molecule has 4 rings (SSSR count). The van der Waals surface area contributed by atoms with Gasteiger partial charge in [-0.15, -0.1) is 0 Å². The Morgan fingerprint density at radius 3 is 2.53 bits per heavy atom. The zero-order chi connectivity index (χ0) is 27.7. The molecule has 0 aliphatic heterocycles. The maximum absolute atomic E-state index is 15.0. The first-order valence-electron chi connectivity index (χ1n) is 11.7. The van der Waals surface area contributed by atoms with E-state index in [4.69, 9.17) is 16.3 Å². The molecule has 3 atom stereocenters. The van der Waals surface area contributed by atoms with Gasteiger partial charge < -0.3 is 9.64 Å². The Morgan fingerprint density at radius 1 is 1.11 bits per heavy atom. The highest BCUT2D eigenvalue weighted by molar-refractivity contribution is 7.90. The summed E-state index contributed by atoms with van der Waals surface area (Å²) in [7, 11) is -0.448. The highest BCUT2D eigenvalue weighted by Crippen LogP contribution is 2.40. The second-order valence-electron chi connectivity index (χ2n) is 9.34. The fourth-order valence-electron chi connectivity index (χ4n) is 4.64. The van der Waals surface area contributed by atoms with E-state index in [-0.39, 0.29) is 28.4 Å². The quantitative estimate of drug-likeness (QED) is 0.355. The van der Waals surface area contributed by atoms with Crippen molar-refractivity contribution in [3.8, 4) is 5.75 Å². The maximum Gasteiger partial charge on any atom is 0.433 e. The summed E-state index contributed by atoms with van der Waals surface area (Å²) in [6.45, 7) is 0. The van der Waals surface area contributed by atoms with Crippen LogP contribution in [0.25, 0.3) is 0 Å². The molecule has 1 saturated carbocycles. The van der Waals surface area contributed by atoms with Crippen molar-refractivity contribution in [3.05, 3.63) is 76.8 Å². The number of hydrogen-bond acceptors (Lipinski definition) is 7. The average Bonchev–Trinajstić information content (AvgIpc) is 2.86. The van der Waals surface area contributed by atoms with Gasteiger partial charge in [0.1, 0.15) is 34.6 Å². The van der Waals surface area contributed by atoms with Crippen molar-refractivity contribution in [2.75, 3.05) is 14.1 Å². The van der Waals surface area contributed by atoms with Crippen LogP contribution >= 0.6 is 11.6 Å². The van der Waals surface area contributed by atoms with Crippen molar-refractivity contribution >= 4 is 21.4 Å². The van der Waals surface area contributed by atoms with Crippen LogP contribution in [0.2, 0.25) is 5.02 Å². The summed E-state index contributed by atoms with van der Waals surface area (Å²) in [6, 6.07) is 5.83. The third-order valence-corrected chi connectivity index (χ3v) is 8.50. The van der Waals surface area contributed by atoms with E-state index < -0.39 is 44.3 Å². The van der Waals surface area contributed by atoms with Gasteiger partial charge in [0.15, 0.2) is 9.84 Å². The van der Waals surface area contributed by atoms with Crippen molar-refractivity contribution < 1.29 is 30.7 Å². The Hall–Kier alpha value is -2.83. The van der Waals surface area contributed by atoms with E-state index in [9.17, 15) is 26.0 Å². The molecule has 0 N–H and O–H groups in total. The lowest BCUT2D eigenvalue weighted by molar-refractivity contribution is -0.141. The van der Waals surface area contributed by atoms with Crippen LogP contribution in [-0.4, -0.2) is 54.5 Å². The number of rotatable bonds is 7. The zero-order valence-electron chi connectivity index (χ0n) is 20.5. The van der Waals surface area contributed by atoms with Crippen molar-refractivity contribution in [1.29, 1.82) is 0 Å². The van der Waals surface area contributed by atoms with Gasteiger partial charge in [0, 0.05) is 24.5 Å². The molecule has 204 valence electrons. The molecule has 0 radical (unpaired) electrons. The van der Waals surface area contributed by atoms with Crippen LogP contribution in [0.3, 0.4) is 0 Å². The molecule has 1 aliphatic rings. The van der Waals surface area contributed by atoms with E-state index in [2.05, 4.69) is 15.0 Å². The predicted molar refractivity (Wildman–Crippen MR) is 132 cm³/mol. The first kappa shape index (κ1) is 28.2. The molecule has 0 bridgehead atoms. The second kappa shape index (κ2) is 11.1. The molecule has 38 heavy (non-hydrogen) atoms. The van der Waals surface area contributed by atoms with Gasteiger partial charge in [0.2, 0.25) is 0 Å². The van der Waals surface area contributed by atoms with Crippen LogP contribution in [0.15, 0.2) is 53.9 Å². The molecule has 0 spiro atoms. The lowest BCUT2D eigenvalue weighted by Gasteiger charge is -2.40. The van der Waals surface area contributed by atoms with Crippen LogP contribution in [0, 0.1) is 5.82 Å². The van der Waals surface area contributed by atoms with E-state index in [1.54, 1.807) is 6.07 Å². The number of pyridine rings is 1. The molecule has 7 nitrogen and oxygen atoms in total. The van der Waals surface area contributed by atoms with E-state index in [1.165, 1.54) is 18.6 Å². The van der Waals surface area contributed by atoms with Gasteiger partial charge in [0.05, 0.1) is 16.5 Å². The number of likely N-dealkylation sites (N-methyl/N-ethyl adjacent to an activating group) is 1. The number of benzene rings is 1. The minimum absolute atomic E-state index is 0.0104. The highest BCUT2D eigenvalue weighted by atomic mass is 35.5. The van der Waals surface area contributed by atoms with Gasteiger partial charge in [-0.2, -0.15) is 13.2 Å². The fraction of sp³-hybridized carbons (Fsp3) is 0.400. The third-order valence-electron chi connectivity index (χ3n) is 6.54. The highest BCUT2D eigenvalue weighted by Gasteiger charge is 2.37. The van der Waals surface area contributed by atoms with Crippen LogP contribution < -0.4 is 4.74 Å². The molecule has 3 aromatic rings. The number of sulfone groups is 1. The lowest BCUT2D eigenvalue weighted by Crippen LogP contribution is -2.46. The predicted octanol–water partition coefficient (Wildman–Crippen LogP) is 5.30. The summed E-state index contributed by atoms with van der Waals surface area (Å²) in [5.74, 6) is -1.71. The zero-order valence-corrected chi connectivity index (χ0v) is 22.1. The van der Waals surface area contributed by atoms with Crippen molar-refractivity contribution in [1.82, 2.24) is 19.9 Å². The number of alkyl halides is 3. The molecule has 1 aromatic carbocycles. The second-order valence-corrected chi connectivity index (χ2v) is 11.7. The Bertz CT molecular complexity index is 1390. The number of nitrogens with zero attached hydrogens (tertiary/aromatic N) is 4. The van der Waals surface area contributed by atoms with Crippen LogP contribution in [-0.2, 0) is 21.8 Å². The van der Waals surface area contributed by atoms with Crippen LogP contribution in [0.5, 0.6) is 5.75 Å². The summed E-state index contributed by atoms with van der Waals surface area (Å²) in [5, 5.41) is -0.0729. The molecule has 13 heteroatoms. The Labute approximate surface area is 222 Å². The van der Waals surface area contributed by atoms with E-state index in [1.807, 2.05) is 19.0 Å². The minimum atomic E-state index is -4.54. The van der Waals surface area contributed by atoms with Crippen molar-refractivity contribution in [3.63, 3.8) is 0 Å². The smallest absolute Gasteiger partial charge is 0.433 e. The molecular weight excluding hydrogens is 548 g/mol. The molecule has 0 amide bonds. The number of aromatic nitrogens is 3. The molecule has 0 unspecified atom stereocenters. The van der Waals surface area contributed by atoms with Crippen molar-refractivity contribution in [2.45, 2.75) is 54.2 Å². The van der Waals surface area contributed by atoms with Crippen LogP contribution in [0.4, 0.5) is 17.6 Å². The first-order valence-corrected chi connectivity index (χ1v) is 13.7. The maximum atomic E-state index is 15.0. The van der Waals surface area contributed by atoms with Gasteiger partial charge in [-0.05, 0) is 69.1 Å². The number of hydrogen-bond donors (Lipinski definition) is 0. The monoisotopic (exact) mass is 572 g/mol. The normalized spacial score (nSPS) is 20.5. The molecule has 2 aromatic heterocycles. The molecule has 2 heterocycles. The summed E-state index contributed by atoms with van der Waals surface area (Å²) >= 11 is 6.33. The average molecular weight is 573 g/mol. The molecular formula is C25H25ClF4N4O3S. The Morgan fingerprint density at radius 2 is 1.87 bits per heavy atom.